The Morgan fingerprint density at radius 2 is 2.06 bits per heavy atom. The second-order valence-electron chi connectivity index (χ2n) is 5.69. The fourth-order valence-corrected chi connectivity index (χ4v) is 2.83. The van der Waals surface area contributed by atoms with Crippen LogP contribution in [0.25, 0.3) is 0 Å². The summed E-state index contributed by atoms with van der Waals surface area (Å²) in [5.41, 5.74) is 0. The van der Waals surface area contributed by atoms with Crippen molar-refractivity contribution in [3.63, 3.8) is 0 Å². The summed E-state index contributed by atoms with van der Waals surface area (Å²) in [4.78, 5) is 14.7. The molecule has 1 amide bonds. The minimum Gasteiger partial charge on any atom is -0.337 e. The highest BCUT2D eigenvalue weighted by Crippen LogP contribution is 2.38. The Kier molecular flexibility index (Phi) is 4.08. The summed E-state index contributed by atoms with van der Waals surface area (Å²) < 4.78 is 0. The molecule has 1 heterocycles. The number of rotatable bonds is 4. The van der Waals surface area contributed by atoms with E-state index in [-0.39, 0.29) is 5.92 Å². The lowest BCUT2D eigenvalue weighted by atomic mass is 9.99. The third-order valence-corrected chi connectivity index (χ3v) is 4.47. The van der Waals surface area contributed by atoms with E-state index in [2.05, 4.69) is 31.0 Å². The molecule has 2 rings (SSSR count). The second kappa shape index (κ2) is 5.38. The van der Waals surface area contributed by atoms with E-state index in [1.165, 1.54) is 12.8 Å². The third kappa shape index (κ3) is 2.82. The van der Waals surface area contributed by atoms with Crippen LogP contribution in [0.1, 0.15) is 46.5 Å². The fraction of sp³-hybridized carbons (Fsp3) is 0.929. The van der Waals surface area contributed by atoms with Gasteiger partial charge in [-0.1, -0.05) is 20.8 Å². The zero-order chi connectivity index (χ0) is 12.4. The SMILES string of the molecule is CCC1CN(C(=O)C(C)C2CC2)C(CC)CN1. The number of nitrogens with zero attached hydrogens (tertiary/aromatic N) is 1. The van der Waals surface area contributed by atoms with Crippen LogP contribution in [0.4, 0.5) is 0 Å². The van der Waals surface area contributed by atoms with Gasteiger partial charge in [-0.15, -0.1) is 0 Å². The van der Waals surface area contributed by atoms with Crippen LogP contribution in [0.5, 0.6) is 0 Å². The normalized spacial score (nSPS) is 31.4. The predicted molar refractivity (Wildman–Crippen MR) is 69.8 cm³/mol. The molecule has 2 aliphatic rings. The minimum absolute atomic E-state index is 0.250. The van der Waals surface area contributed by atoms with Gasteiger partial charge in [-0.05, 0) is 31.6 Å². The summed E-state index contributed by atoms with van der Waals surface area (Å²) >= 11 is 0. The highest BCUT2D eigenvalue weighted by molar-refractivity contribution is 5.79. The molecule has 17 heavy (non-hydrogen) atoms. The molecule has 3 heteroatoms. The van der Waals surface area contributed by atoms with E-state index in [1.54, 1.807) is 0 Å². The van der Waals surface area contributed by atoms with Gasteiger partial charge in [-0.3, -0.25) is 4.79 Å². The van der Waals surface area contributed by atoms with Crippen LogP contribution in [0.2, 0.25) is 0 Å². The Hall–Kier alpha value is -0.570. The minimum atomic E-state index is 0.250. The van der Waals surface area contributed by atoms with Gasteiger partial charge in [-0.2, -0.15) is 0 Å². The summed E-state index contributed by atoms with van der Waals surface area (Å²) in [6.07, 6.45) is 4.69. The van der Waals surface area contributed by atoms with Crippen molar-refractivity contribution < 1.29 is 4.79 Å². The molecule has 3 unspecified atom stereocenters. The van der Waals surface area contributed by atoms with E-state index in [4.69, 9.17) is 0 Å². The van der Waals surface area contributed by atoms with Crippen LogP contribution in [0.3, 0.4) is 0 Å². The summed E-state index contributed by atoms with van der Waals surface area (Å²) in [7, 11) is 0. The van der Waals surface area contributed by atoms with Crippen molar-refractivity contribution in [2.75, 3.05) is 13.1 Å². The first-order valence-electron chi connectivity index (χ1n) is 7.21. The van der Waals surface area contributed by atoms with E-state index in [9.17, 15) is 4.79 Å². The zero-order valence-electron chi connectivity index (χ0n) is 11.4. The van der Waals surface area contributed by atoms with Crippen molar-refractivity contribution >= 4 is 5.91 Å². The molecule has 0 aromatic heterocycles. The molecule has 3 atom stereocenters. The highest BCUT2D eigenvalue weighted by atomic mass is 16.2. The quantitative estimate of drug-likeness (QED) is 0.812. The Labute approximate surface area is 105 Å². The molecule has 1 saturated heterocycles. The Bertz CT molecular complexity index is 275. The maximum absolute atomic E-state index is 12.5. The second-order valence-corrected chi connectivity index (χ2v) is 5.69. The topological polar surface area (TPSA) is 32.3 Å². The Morgan fingerprint density at radius 3 is 2.59 bits per heavy atom. The van der Waals surface area contributed by atoms with Crippen LogP contribution in [-0.4, -0.2) is 36.0 Å². The predicted octanol–water partition coefficient (Wildman–Crippen LogP) is 2.02. The number of hydrogen-bond donors (Lipinski definition) is 1. The summed E-state index contributed by atoms with van der Waals surface area (Å²) in [5, 5.41) is 3.54. The van der Waals surface area contributed by atoms with Crippen molar-refractivity contribution in [1.29, 1.82) is 0 Å². The monoisotopic (exact) mass is 238 g/mol. The lowest BCUT2D eigenvalue weighted by Crippen LogP contribution is -2.59. The molecule has 2 fully saturated rings. The Morgan fingerprint density at radius 1 is 1.35 bits per heavy atom. The van der Waals surface area contributed by atoms with E-state index >= 15 is 0 Å². The number of piperazine rings is 1. The van der Waals surface area contributed by atoms with Crippen LogP contribution < -0.4 is 5.32 Å². The van der Waals surface area contributed by atoms with E-state index in [0.29, 0.717) is 23.9 Å². The van der Waals surface area contributed by atoms with E-state index in [0.717, 1.165) is 25.9 Å². The molecule has 0 aromatic rings. The van der Waals surface area contributed by atoms with Gasteiger partial charge in [0.1, 0.15) is 0 Å². The van der Waals surface area contributed by atoms with E-state index < -0.39 is 0 Å². The maximum atomic E-state index is 12.5. The molecule has 1 aliphatic carbocycles. The summed E-state index contributed by atoms with van der Waals surface area (Å²) in [6, 6.07) is 0.902. The molecule has 0 radical (unpaired) electrons. The van der Waals surface area contributed by atoms with Crippen LogP contribution in [0, 0.1) is 11.8 Å². The van der Waals surface area contributed by atoms with Gasteiger partial charge >= 0.3 is 0 Å². The molecule has 98 valence electrons. The first kappa shape index (κ1) is 12.9. The zero-order valence-corrected chi connectivity index (χ0v) is 11.4. The largest absolute Gasteiger partial charge is 0.337 e. The van der Waals surface area contributed by atoms with Gasteiger partial charge in [0.25, 0.3) is 0 Å². The molecule has 1 saturated carbocycles. The number of carbonyl (C=O) groups excluding carboxylic acids is 1. The van der Waals surface area contributed by atoms with Gasteiger partial charge < -0.3 is 10.2 Å². The highest BCUT2D eigenvalue weighted by Gasteiger charge is 2.38. The van der Waals surface area contributed by atoms with E-state index in [1.807, 2.05) is 0 Å². The fourth-order valence-electron chi connectivity index (χ4n) is 2.83. The van der Waals surface area contributed by atoms with Gasteiger partial charge in [0.05, 0.1) is 0 Å². The average Bonchev–Trinajstić information content (AvgIpc) is 3.20. The molecular weight excluding hydrogens is 212 g/mol. The van der Waals surface area contributed by atoms with Crippen molar-refractivity contribution in [2.45, 2.75) is 58.5 Å². The molecule has 0 bridgehead atoms. The molecule has 1 aliphatic heterocycles. The summed E-state index contributed by atoms with van der Waals surface area (Å²) in [5.74, 6) is 1.33. The number of nitrogens with one attached hydrogen (secondary N) is 1. The lowest BCUT2D eigenvalue weighted by molar-refractivity contribution is -0.139. The number of carbonyl (C=O) groups is 1. The summed E-state index contributed by atoms with van der Waals surface area (Å²) in [6.45, 7) is 8.37. The number of hydrogen-bond acceptors (Lipinski definition) is 2. The van der Waals surface area contributed by atoms with Gasteiger partial charge in [0.15, 0.2) is 0 Å². The van der Waals surface area contributed by atoms with Crippen molar-refractivity contribution in [1.82, 2.24) is 10.2 Å². The van der Waals surface area contributed by atoms with Gasteiger partial charge in [0.2, 0.25) is 5.91 Å². The van der Waals surface area contributed by atoms with Crippen molar-refractivity contribution in [3.05, 3.63) is 0 Å². The van der Waals surface area contributed by atoms with Crippen LogP contribution in [-0.2, 0) is 4.79 Å². The molecule has 3 nitrogen and oxygen atoms in total. The van der Waals surface area contributed by atoms with Crippen LogP contribution >= 0.6 is 0 Å². The first-order chi connectivity index (χ1) is 8.17. The molecule has 1 N–H and O–H groups in total. The standard InChI is InChI=1S/C14H26N2O/c1-4-12-9-16(13(5-2)8-15-12)14(17)10(3)11-6-7-11/h10-13,15H,4-9H2,1-3H3. The molecule has 0 spiro atoms. The van der Waals surface area contributed by atoms with Gasteiger partial charge in [-0.25, -0.2) is 0 Å². The third-order valence-electron chi connectivity index (χ3n) is 4.47. The number of amides is 1. The average molecular weight is 238 g/mol. The molecule has 0 aromatic carbocycles. The maximum Gasteiger partial charge on any atom is 0.226 e. The first-order valence-corrected chi connectivity index (χ1v) is 7.21. The van der Waals surface area contributed by atoms with Crippen molar-refractivity contribution in [3.8, 4) is 0 Å². The Balaban J connectivity index is 2.00. The lowest BCUT2D eigenvalue weighted by Gasteiger charge is -2.41. The van der Waals surface area contributed by atoms with Gasteiger partial charge in [0, 0.05) is 31.1 Å². The smallest absolute Gasteiger partial charge is 0.226 e. The van der Waals surface area contributed by atoms with Crippen molar-refractivity contribution in [2.24, 2.45) is 11.8 Å². The molecular formula is C14H26N2O. The van der Waals surface area contributed by atoms with Crippen LogP contribution in [0.15, 0.2) is 0 Å².